The number of nitrogens with zero attached hydrogens (tertiary/aromatic N) is 2. The minimum absolute atomic E-state index is 0.249. The number of piperidine rings is 1. The van der Waals surface area contributed by atoms with Crippen LogP contribution in [0.3, 0.4) is 0 Å². The Morgan fingerprint density at radius 3 is 2.34 bits per heavy atom. The van der Waals surface area contributed by atoms with E-state index < -0.39 is 11.2 Å². The summed E-state index contributed by atoms with van der Waals surface area (Å²) in [6.07, 6.45) is 8.09. The van der Waals surface area contributed by atoms with Crippen molar-refractivity contribution >= 4 is 5.91 Å². The summed E-state index contributed by atoms with van der Waals surface area (Å²) in [5, 5.41) is 21.1. The predicted octanol–water partition coefficient (Wildman–Crippen LogP) is 2.31. The summed E-state index contributed by atoms with van der Waals surface area (Å²) in [7, 11) is 0. The van der Waals surface area contributed by atoms with Gasteiger partial charge in [-0.05, 0) is 69.1 Å². The van der Waals surface area contributed by atoms with Gasteiger partial charge in [0.1, 0.15) is 5.60 Å². The summed E-state index contributed by atoms with van der Waals surface area (Å²) in [6.45, 7) is 6.38. The molecule has 0 spiro atoms. The van der Waals surface area contributed by atoms with E-state index in [9.17, 15) is 15.0 Å². The Labute approximate surface area is 174 Å². The molecule has 0 aromatic heterocycles. The molecular formula is C24H36N2O3. The van der Waals surface area contributed by atoms with Gasteiger partial charge in [-0.1, -0.05) is 24.6 Å². The van der Waals surface area contributed by atoms with Gasteiger partial charge in [0.25, 0.3) is 5.91 Å². The van der Waals surface area contributed by atoms with Crippen LogP contribution in [-0.2, 0) is 24.1 Å². The van der Waals surface area contributed by atoms with Crippen molar-refractivity contribution in [2.24, 2.45) is 0 Å². The summed E-state index contributed by atoms with van der Waals surface area (Å²) in [6, 6.07) is 7.57. The molecule has 3 aliphatic rings. The molecule has 1 saturated carbocycles. The van der Waals surface area contributed by atoms with Gasteiger partial charge in [0.2, 0.25) is 0 Å². The van der Waals surface area contributed by atoms with E-state index in [4.69, 9.17) is 0 Å². The summed E-state index contributed by atoms with van der Waals surface area (Å²) in [4.78, 5) is 16.6. The van der Waals surface area contributed by atoms with E-state index in [0.717, 1.165) is 25.4 Å². The first kappa shape index (κ1) is 20.8. The molecule has 1 saturated heterocycles. The number of amides is 1. The molecule has 0 unspecified atom stereocenters. The second-order valence-electron chi connectivity index (χ2n) is 9.98. The van der Waals surface area contributed by atoms with Crippen LogP contribution < -0.4 is 0 Å². The zero-order chi connectivity index (χ0) is 20.6. The standard InChI is InChI=1S/C24H36N2O3/c1-23(2,28)22(27)26-14-10-24(29,11-15-26)17-18-6-7-19-8-12-25(21-4-3-5-21)13-9-20(19)16-18/h6-7,16,21,28-29H,3-5,8-15,17H2,1-2H3. The van der Waals surface area contributed by atoms with Gasteiger partial charge in [-0.15, -0.1) is 0 Å². The Balaban J connectivity index is 1.37. The van der Waals surface area contributed by atoms with Crippen molar-refractivity contribution in [3.8, 4) is 0 Å². The summed E-state index contributed by atoms with van der Waals surface area (Å²) in [5.74, 6) is -0.249. The highest BCUT2D eigenvalue weighted by atomic mass is 16.3. The zero-order valence-corrected chi connectivity index (χ0v) is 18.0. The highest BCUT2D eigenvalue weighted by Crippen LogP contribution is 2.30. The lowest BCUT2D eigenvalue weighted by atomic mass is 9.84. The number of carbonyl (C=O) groups is 1. The van der Waals surface area contributed by atoms with Gasteiger partial charge in [-0.25, -0.2) is 0 Å². The molecule has 2 heterocycles. The van der Waals surface area contributed by atoms with Gasteiger partial charge >= 0.3 is 0 Å². The molecule has 0 bridgehead atoms. The highest BCUT2D eigenvalue weighted by molar-refractivity contribution is 5.84. The molecule has 2 N–H and O–H groups in total. The monoisotopic (exact) mass is 400 g/mol. The second-order valence-corrected chi connectivity index (χ2v) is 9.98. The first-order chi connectivity index (χ1) is 13.7. The number of carbonyl (C=O) groups excluding carboxylic acids is 1. The van der Waals surface area contributed by atoms with Crippen LogP contribution in [-0.4, -0.2) is 69.3 Å². The van der Waals surface area contributed by atoms with E-state index in [-0.39, 0.29) is 5.91 Å². The number of fused-ring (bicyclic) bond motifs is 1. The van der Waals surface area contributed by atoms with Gasteiger partial charge in [0.15, 0.2) is 0 Å². The van der Waals surface area contributed by atoms with Crippen molar-refractivity contribution in [3.05, 3.63) is 34.9 Å². The number of rotatable bonds is 4. The third-order valence-electron chi connectivity index (χ3n) is 7.24. The smallest absolute Gasteiger partial charge is 0.253 e. The minimum Gasteiger partial charge on any atom is -0.389 e. The van der Waals surface area contributed by atoms with Crippen LogP contribution in [0.25, 0.3) is 0 Å². The molecule has 2 aliphatic heterocycles. The molecule has 1 aromatic rings. The van der Waals surface area contributed by atoms with Crippen molar-refractivity contribution < 1.29 is 15.0 Å². The van der Waals surface area contributed by atoms with Crippen molar-refractivity contribution in [3.63, 3.8) is 0 Å². The Hall–Kier alpha value is -1.43. The average molecular weight is 401 g/mol. The molecule has 2 fully saturated rings. The Morgan fingerprint density at radius 1 is 1.10 bits per heavy atom. The first-order valence-electron chi connectivity index (χ1n) is 11.3. The van der Waals surface area contributed by atoms with Gasteiger partial charge in [0.05, 0.1) is 5.60 Å². The fraction of sp³-hybridized carbons (Fsp3) is 0.708. The number of aliphatic hydroxyl groups is 2. The Kier molecular flexibility index (Phi) is 5.75. The van der Waals surface area contributed by atoms with Crippen LogP contribution in [0.5, 0.6) is 0 Å². The summed E-state index contributed by atoms with van der Waals surface area (Å²) in [5.41, 5.74) is 1.99. The van der Waals surface area contributed by atoms with Crippen LogP contribution in [0.1, 0.15) is 62.6 Å². The lowest BCUT2D eigenvalue weighted by Crippen LogP contribution is -2.52. The van der Waals surface area contributed by atoms with E-state index in [0.29, 0.717) is 32.4 Å². The highest BCUT2D eigenvalue weighted by Gasteiger charge is 2.37. The SMILES string of the molecule is CC(C)(O)C(=O)N1CCC(O)(Cc2ccc3c(c2)CCN(C2CCC2)CC3)CC1. The number of hydrogen-bond acceptors (Lipinski definition) is 4. The van der Waals surface area contributed by atoms with Crippen molar-refractivity contribution in [2.45, 2.75) is 82.5 Å². The van der Waals surface area contributed by atoms with Crippen LogP contribution in [0, 0.1) is 0 Å². The van der Waals surface area contributed by atoms with Crippen LogP contribution in [0.15, 0.2) is 18.2 Å². The number of hydrogen-bond donors (Lipinski definition) is 2. The number of benzene rings is 1. The molecule has 5 nitrogen and oxygen atoms in total. The van der Waals surface area contributed by atoms with E-state index in [1.54, 1.807) is 4.90 Å². The molecule has 1 aromatic carbocycles. The van der Waals surface area contributed by atoms with Crippen molar-refractivity contribution in [1.82, 2.24) is 9.80 Å². The molecule has 29 heavy (non-hydrogen) atoms. The Morgan fingerprint density at radius 2 is 1.76 bits per heavy atom. The molecule has 4 rings (SSSR count). The summed E-state index contributed by atoms with van der Waals surface area (Å²) < 4.78 is 0. The van der Waals surface area contributed by atoms with Gasteiger partial charge in [-0.3, -0.25) is 9.69 Å². The molecule has 1 aliphatic carbocycles. The first-order valence-corrected chi connectivity index (χ1v) is 11.3. The van der Waals surface area contributed by atoms with E-state index >= 15 is 0 Å². The van der Waals surface area contributed by atoms with Crippen LogP contribution in [0.4, 0.5) is 0 Å². The quantitative estimate of drug-likeness (QED) is 0.814. The molecule has 1 amide bonds. The van der Waals surface area contributed by atoms with Crippen LogP contribution in [0.2, 0.25) is 0 Å². The maximum atomic E-state index is 12.3. The zero-order valence-electron chi connectivity index (χ0n) is 18.0. The maximum absolute atomic E-state index is 12.3. The molecule has 0 atom stereocenters. The molecule has 160 valence electrons. The van der Waals surface area contributed by atoms with Crippen molar-refractivity contribution in [2.75, 3.05) is 26.2 Å². The lowest BCUT2D eigenvalue weighted by Gasteiger charge is -2.40. The molecule has 5 heteroatoms. The van der Waals surface area contributed by atoms with Crippen molar-refractivity contribution in [1.29, 1.82) is 0 Å². The number of likely N-dealkylation sites (tertiary alicyclic amines) is 1. The Bertz CT molecular complexity index is 743. The minimum atomic E-state index is -1.35. The van der Waals surface area contributed by atoms with Gasteiger partial charge < -0.3 is 15.1 Å². The second kappa shape index (κ2) is 8.01. The fourth-order valence-electron chi connectivity index (χ4n) is 5.09. The van der Waals surface area contributed by atoms with Crippen LogP contribution >= 0.6 is 0 Å². The largest absolute Gasteiger partial charge is 0.389 e. The average Bonchev–Trinajstić information content (AvgIpc) is 2.82. The third-order valence-corrected chi connectivity index (χ3v) is 7.24. The maximum Gasteiger partial charge on any atom is 0.253 e. The summed E-state index contributed by atoms with van der Waals surface area (Å²) >= 11 is 0. The fourth-order valence-corrected chi connectivity index (χ4v) is 5.09. The predicted molar refractivity (Wildman–Crippen MR) is 114 cm³/mol. The molecule has 0 radical (unpaired) electrons. The van der Waals surface area contributed by atoms with E-state index in [2.05, 4.69) is 23.1 Å². The van der Waals surface area contributed by atoms with E-state index in [1.807, 2.05) is 0 Å². The third kappa shape index (κ3) is 4.68. The topological polar surface area (TPSA) is 64.0 Å². The van der Waals surface area contributed by atoms with Gasteiger partial charge in [-0.2, -0.15) is 0 Å². The van der Waals surface area contributed by atoms with E-state index in [1.165, 1.54) is 56.3 Å². The molecular weight excluding hydrogens is 364 g/mol. The van der Waals surface area contributed by atoms with Gasteiger partial charge in [0, 0.05) is 38.6 Å². The normalized spacial score (nSPS) is 23.2. The lowest BCUT2D eigenvalue weighted by molar-refractivity contribution is -0.151.